The second kappa shape index (κ2) is 9.36. The summed E-state index contributed by atoms with van der Waals surface area (Å²) in [5, 5.41) is 20.8. The van der Waals surface area contributed by atoms with E-state index in [4.69, 9.17) is 0 Å². The van der Waals surface area contributed by atoms with E-state index in [1.807, 2.05) is 25.1 Å². The zero-order valence-electron chi connectivity index (χ0n) is 22.0. The van der Waals surface area contributed by atoms with Gasteiger partial charge in [-0.1, -0.05) is 97.9 Å². The van der Waals surface area contributed by atoms with E-state index < -0.39 is 17.4 Å². The van der Waals surface area contributed by atoms with Gasteiger partial charge in [-0.05, 0) is 57.9 Å². The highest BCUT2D eigenvalue weighted by molar-refractivity contribution is 5.94. The quantitative estimate of drug-likeness (QED) is 0.477. The Balaban J connectivity index is 2.25. The van der Waals surface area contributed by atoms with Crippen molar-refractivity contribution in [3.05, 3.63) is 57.7 Å². The molecule has 0 spiro atoms. The topological polar surface area (TPSA) is 74.6 Å². The number of allylic oxidation sites excluding steroid dienone is 2. The maximum absolute atomic E-state index is 13.1. The fourth-order valence-electron chi connectivity index (χ4n) is 5.41. The van der Waals surface area contributed by atoms with Gasteiger partial charge >= 0.3 is 11.9 Å². The van der Waals surface area contributed by atoms with Gasteiger partial charge in [-0.2, -0.15) is 0 Å². The van der Waals surface area contributed by atoms with Crippen LogP contribution in [0.3, 0.4) is 0 Å². The minimum atomic E-state index is -1.39. The van der Waals surface area contributed by atoms with Crippen LogP contribution in [0.15, 0.2) is 41.0 Å². The Kier molecular flexibility index (Phi) is 7.22. The molecule has 1 aromatic carbocycles. The standard InChI is InChI=1S/C30H42O4/c1-19-21(13-20-11-9-8-10-12-20)17-30(27(33)34,18-25(19)26(31)32)24-15-22(28(2,3)4)14-23(16-24)29(5,6)7/h14-17,20H,8-13,18H2,1-7H3,(H,31,32)(H,33,34). The van der Waals surface area contributed by atoms with Crippen LogP contribution in [0.5, 0.6) is 0 Å². The minimum Gasteiger partial charge on any atom is -0.480 e. The van der Waals surface area contributed by atoms with Crippen LogP contribution in [-0.4, -0.2) is 22.2 Å². The van der Waals surface area contributed by atoms with Crippen molar-refractivity contribution in [2.45, 2.75) is 110 Å². The fraction of sp³-hybridized carbons (Fsp3) is 0.600. The SMILES string of the molecule is CC1=C(C(=O)O)CC(C(=O)O)(c2cc(C(C)(C)C)cc(C(C)(C)C)c2)C=C1CC1CCCCC1. The molecular weight excluding hydrogens is 424 g/mol. The number of carboxylic acid groups (broad SMARTS) is 2. The summed E-state index contributed by atoms with van der Waals surface area (Å²) < 4.78 is 0. The van der Waals surface area contributed by atoms with Gasteiger partial charge in [0.15, 0.2) is 0 Å². The molecule has 34 heavy (non-hydrogen) atoms. The van der Waals surface area contributed by atoms with Crippen LogP contribution < -0.4 is 0 Å². The Labute approximate surface area is 205 Å². The normalized spacial score (nSPS) is 22.5. The Hall–Kier alpha value is -2.36. The molecule has 1 aromatic rings. The second-order valence-corrected chi connectivity index (χ2v) is 12.5. The van der Waals surface area contributed by atoms with Crippen LogP contribution in [0.4, 0.5) is 0 Å². The molecule has 4 nitrogen and oxygen atoms in total. The van der Waals surface area contributed by atoms with Gasteiger partial charge in [0.25, 0.3) is 0 Å². The lowest BCUT2D eigenvalue weighted by Crippen LogP contribution is -2.39. The lowest BCUT2D eigenvalue weighted by molar-refractivity contribution is -0.142. The molecule has 0 aliphatic heterocycles. The number of rotatable bonds is 5. The zero-order chi connectivity index (χ0) is 25.5. The lowest BCUT2D eigenvalue weighted by atomic mass is 9.66. The molecule has 0 heterocycles. The van der Waals surface area contributed by atoms with Gasteiger partial charge in [0, 0.05) is 12.0 Å². The molecule has 4 heteroatoms. The molecule has 0 radical (unpaired) electrons. The third-order valence-corrected chi connectivity index (χ3v) is 7.86. The third-order valence-electron chi connectivity index (χ3n) is 7.86. The number of hydrogen-bond donors (Lipinski definition) is 2. The van der Waals surface area contributed by atoms with E-state index in [0.29, 0.717) is 11.5 Å². The highest BCUT2D eigenvalue weighted by atomic mass is 16.4. The monoisotopic (exact) mass is 466 g/mol. The average molecular weight is 467 g/mol. The van der Waals surface area contributed by atoms with E-state index in [-0.39, 0.29) is 22.8 Å². The molecule has 0 saturated heterocycles. The molecule has 2 aliphatic rings. The van der Waals surface area contributed by atoms with E-state index in [9.17, 15) is 19.8 Å². The second-order valence-electron chi connectivity index (χ2n) is 12.5. The highest BCUT2D eigenvalue weighted by Gasteiger charge is 2.45. The van der Waals surface area contributed by atoms with Crippen LogP contribution >= 0.6 is 0 Å². The third kappa shape index (κ3) is 5.31. The summed E-state index contributed by atoms with van der Waals surface area (Å²) in [5.74, 6) is -1.51. The molecule has 0 amide bonds. The van der Waals surface area contributed by atoms with Gasteiger partial charge in [-0.15, -0.1) is 0 Å². The Morgan fingerprint density at radius 1 is 0.912 bits per heavy atom. The van der Waals surface area contributed by atoms with Crippen molar-refractivity contribution in [2.24, 2.45) is 5.92 Å². The van der Waals surface area contributed by atoms with Crippen molar-refractivity contribution in [1.82, 2.24) is 0 Å². The summed E-state index contributed by atoms with van der Waals surface area (Å²) >= 11 is 0. The van der Waals surface area contributed by atoms with Crippen LogP contribution in [0.25, 0.3) is 0 Å². The van der Waals surface area contributed by atoms with Gasteiger partial charge in [0.1, 0.15) is 5.41 Å². The molecule has 2 N–H and O–H groups in total. The maximum Gasteiger partial charge on any atom is 0.331 e. The maximum atomic E-state index is 13.1. The first-order valence-electron chi connectivity index (χ1n) is 12.7. The predicted octanol–water partition coefficient (Wildman–Crippen LogP) is 7.31. The summed E-state index contributed by atoms with van der Waals surface area (Å²) in [4.78, 5) is 25.4. The summed E-state index contributed by atoms with van der Waals surface area (Å²) in [7, 11) is 0. The van der Waals surface area contributed by atoms with Crippen molar-refractivity contribution >= 4 is 11.9 Å². The smallest absolute Gasteiger partial charge is 0.331 e. The summed E-state index contributed by atoms with van der Waals surface area (Å²) in [6.45, 7) is 14.6. The molecule has 186 valence electrons. The first kappa shape index (κ1) is 26.2. The average Bonchev–Trinajstić information content (AvgIpc) is 2.74. The molecule has 1 fully saturated rings. The van der Waals surface area contributed by atoms with Crippen LogP contribution in [0, 0.1) is 5.92 Å². The molecular formula is C30H42O4. The number of benzene rings is 1. The highest BCUT2D eigenvalue weighted by Crippen LogP contribution is 2.45. The first-order valence-corrected chi connectivity index (χ1v) is 12.7. The van der Waals surface area contributed by atoms with Gasteiger partial charge in [0.05, 0.1) is 0 Å². The van der Waals surface area contributed by atoms with Gasteiger partial charge < -0.3 is 10.2 Å². The molecule has 0 bridgehead atoms. The van der Waals surface area contributed by atoms with E-state index in [0.717, 1.165) is 41.5 Å². The van der Waals surface area contributed by atoms with Gasteiger partial charge in [-0.3, -0.25) is 4.79 Å². The van der Waals surface area contributed by atoms with E-state index >= 15 is 0 Å². The Bertz CT molecular complexity index is 991. The number of hydrogen-bond acceptors (Lipinski definition) is 2. The first-order chi connectivity index (χ1) is 15.6. The van der Waals surface area contributed by atoms with Gasteiger partial charge in [0.2, 0.25) is 0 Å². The van der Waals surface area contributed by atoms with Gasteiger partial charge in [-0.25, -0.2) is 4.79 Å². The molecule has 1 unspecified atom stereocenters. The Morgan fingerprint density at radius 2 is 1.44 bits per heavy atom. The number of aliphatic carboxylic acids is 2. The van der Waals surface area contributed by atoms with Crippen LogP contribution in [0.1, 0.15) is 110 Å². The van der Waals surface area contributed by atoms with Crippen LogP contribution in [0.2, 0.25) is 0 Å². The van der Waals surface area contributed by atoms with Crippen molar-refractivity contribution < 1.29 is 19.8 Å². The lowest BCUT2D eigenvalue weighted by Gasteiger charge is -2.36. The summed E-state index contributed by atoms with van der Waals surface area (Å²) in [6, 6.07) is 6.17. The zero-order valence-corrected chi connectivity index (χ0v) is 22.0. The number of carbonyl (C=O) groups is 2. The van der Waals surface area contributed by atoms with Crippen molar-refractivity contribution in [3.63, 3.8) is 0 Å². The predicted molar refractivity (Wildman–Crippen MR) is 137 cm³/mol. The molecule has 3 rings (SSSR count). The van der Waals surface area contributed by atoms with Crippen molar-refractivity contribution in [3.8, 4) is 0 Å². The minimum absolute atomic E-state index is 0.0329. The Morgan fingerprint density at radius 3 is 1.88 bits per heavy atom. The molecule has 0 aromatic heterocycles. The van der Waals surface area contributed by atoms with E-state index in [2.05, 4.69) is 47.6 Å². The summed E-state index contributed by atoms with van der Waals surface area (Å²) in [5.41, 5.74) is 2.98. The molecule has 2 aliphatic carbocycles. The van der Waals surface area contributed by atoms with Crippen LogP contribution in [-0.2, 0) is 25.8 Å². The molecule has 1 atom stereocenters. The van der Waals surface area contributed by atoms with E-state index in [1.165, 1.54) is 19.3 Å². The number of carboxylic acids is 2. The van der Waals surface area contributed by atoms with E-state index in [1.54, 1.807) is 0 Å². The van der Waals surface area contributed by atoms with Crippen molar-refractivity contribution in [2.75, 3.05) is 0 Å². The summed E-state index contributed by atoms with van der Waals surface area (Å²) in [6.07, 6.45) is 8.51. The fourth-order valence-corrected chi connectivity index (χ4v) is 5.41. The molecule has 1 saturated carbocycles. The van der Waals surface area contributed by atoms with Crippen molar-refractivity contribution in [1.29, 1.82) is 0 Å². The largest absolute Gasteiger partial charge is 0.480 e.